The molecule has 1 aliphatic carbocycles. The molecule has 2 atom stereocenters. The van der Waals surface area contributed by atoms with Crippen molar-refractivity contribution in [3.8, 4) is 11.3 Å². The van der Waals surface area contributed by atoms with Crippen LogP contribution in [0.3, 0.4) is 0 Å². The van der Waals surface area contributed by atoms with Gasteiger partial charge in [0, 0.05) is 17.6 Å². The predicted molar refractivity (Wildman–Crippen MR) is 120 cm³/mol. The molecule has 1 fully saturated rings. The Morgan fingerprint density at radius 2 is 1.86 bits per heavy atom. The van der Waals surface area contributed by atoms with Crippen molar-refractivity contribution in [3.05, 3.63) is 60.4 Å². The van der Waals surface area contributed by atoms with Gasteiger partial charge in [-0.15, -0.1) is 10.2 Å². The number of rotatable bonds is 5. The van der Waals surface area contributed by atoms with E-state index in [0.29, 0.717) is 30.2 Å². The molecule has 0 bridgehead atoms. The molecule has 35 heavy (non-hydrogen) atoms. The molecular weight excluding hydrogens is 483 g/mol. The molecule has 13 heteroatoms. The molecule has 4 aromatic rings. The van der Waals surface area contributed by atoms with E-state index >= 15 is 0 Å². The number of nitrogens with zero attached hydrogens (tertiary/aromatic N) is 6. The van der Waals surface area contributed by atoms with Gasteiger partial charge in [0.1, 0.15) is 12.7 Å². The van der Waals surface area contributed by atoms with Crippen molar-refractivity contribution >= 4 is 15.7 Å². The van der Waals surface area contributed by atoms with Crippen molar-refractivity contribution in [2.75, 3.05) is 0 Å². The maximum Gasteiger partial charge on any atom is 0.416 e. The first-order chi connectivity index (χ1) is 16.6. The third-order valence-electron chi connectivity index (χ3n) is 6.11. The zero-order chi connectivity index (χ0) is 24.8. The van der Waals surface area contributed by atoms with E-state index in [9.17, 15) is 21.6 Å². The molecule has 0 unspecified atom stereocenters. The van der Waals surface area contributed by atoms with Crippen LogP contribution in [0.2, 0.25) is 0 Å². The Hall–Kier alpha value is -3.32. The van der Waals surface area contributed by atoms with E-state index < -0.39 is 32.7 Å². The van der Waals surface area contributed by atoms with Gasteiger partial charge in [0.2, 0.25) is 10.0 Å². The van der Waals surface area contributed by atoms with Gasteiger partial charge in [-0.1, -0.05) is 0 Å². The van der Waals surface area contributed by atoms with Crippen LogP contribution >= 0.6 is 0 Å². The zero-order valence-corrected chi connectivity index (χ0v) is 19.5. The third-order valence-corrected chi connectivity index (χ3v) is 7.61. The molecule has 0 saturated heterocycles. The molecule has 184 valence electrons. The number of aromatic nitrogens is 6. The van der Waals surface area contributed by atoms with Crippen LogP contribution in [0.25, 0.3) is 16.9 Å². The SMILES string of the molecule is Cc1cn2nc(-c3cc(C(F)(F)F)cc(S(=O)(=O)N[C@H]4CCC[C@@H](n5cnnc5)C4)c3)ccc2n1. The molecule has 1 aromatic carbocycles. The number of benzene rings is 1. The number of fused-ring (bicyclic) bond motifs is 1. The lowest BCUT2D eigenvalue weighted by atomic mass is 9.91. The first-order valence-electron chi connectivity index (χ1n) is 11.0. The smallest absolute Gasteiger partial charge is 0.317 e. The van der Waals surface area contributed by atoms with Gasteiger partial charge in [0.25, 0.3) is 0 Å². The molecule has 0 aliphatic heterocycles. The maximum absolute atomic E-state index is 13.7. The van der Waals surface area contributed by atoms with E-state index in [0.717, 1.165) is 18.9 Å². The number of halogens is 3. The Morgan fingerprint density at radius 3 is 2.60 bits per heavy atom. The van der Waals surface area contributed by atoms with Gasteiger partial charge >= 0.3 is 6.18 Å². The lowest BCUT2D eigenvalue weighted by Crippen LogP contribution is -2.38. The highest BCUT2D eigenvalue weighted by atomic mass is 32.2. The normalized spacial score (nSPS) is 19.3. The Balaban J connectivity index is 1.49. The van der Waals surface area contributed by atoms with Crippen molar-refractivity contribution in [1.82, 2.24) is 34.1 Å². The van der Waals surface area contributed by atoms with Gasteiger partial charge in [-0.3, -0.25) is 0 Å². The van der Waals surface area contributed by atoms with Gasteiger partial charge in [-0.05, 0) is 62.9 Å². The van der Waals surface area contributed by atoms with E-state index in [2.05, 4.69) is 25.0 Å². The standard InChI is InChI=1S/C22H22F3N7O2S/c1-14-11-32-21(28-14)6-5-20(29-32)15-7-16(22(23,24)25)9-19(8-15)35(33,34)30-17-3-2-4-18(10-17)31-12-26-27-13-31/h5-9,11-13,17-18,30H,2-4,10H2,1H3/t17-,18+/m0/s1. The van der Waals surface area contributed by atoms with Crippen LogP contribution in [0.1, 0.15) is 43.0 Å². The van der Waals surface area contributed by atoms with Crippen LogP contribution < -0.4 is 4.72 Å². The molecule has 0 amide bonds. The Morgan fingerprint density at radius 1 is 1.09 bits per heavy atom. The fourth-order valence-corrected chi connectivity index (χ4v) is 5.80. The van der Waals surface area contributed by atoms with Crippen molar-refractivity contribution in [3.63, 3.8) is 0 Å². The van der Waals surface area contributed by atoms with E-state index in [1.807, 2.05) is 4.57 Å². The lowest BCUT2D eigenvalue weighted by Gasteiger charge is -2.30. The van der Waals surface area contributed by atoms with Crippen LogP contribution in [0.5, 0.6) is 0 Å². The first-order valence-corrected chi connectivity index (χ1v) is 12.5. The number of hydrogen-bond donors (Lipinski definition) is 1. The minimum atomic E-state index is -4.74. The quantitative estimate of drug-likeness (QED) is 0.443. The Kier molecular flexibility index (Phi) is 5.83. The number of aryl methyl sites for hydroxylation is 1. The van der Waals surface area contributed by atoms with Crippen LogP contribution in [0.15, 0.2) is 54.1 Å². The van der Waals surface area contributed by atoms with Gasteiger partial charge < -0.3 is 4.57 Å². The lowest BCUT2D eigenvalue weighted by molar-refractivity contribution is -0.137. The highest BCUT2D eigenvalue weighted by Crippen LogP contribution is 2.35. The van der Waals surface area contributed by atoms with Gasteiger partial charge in [0.05, 0.1) is 28.0 Å². The summed E-state index contributed by atoms with van der Waals surface area (Å²) in [4.78, 5) is 3.80. The second-order valence-corrected chi connectivity index (χ2v) is 10.4. The minimum absolute atomic E-state index is 0.0121. The van der Waals surface area contributed by atoms with Gasteiger partial charge in [-0.25, -0.2) is 22.6 Å². The van der Waals surface area contributed by atoms with E-state index in [4.69, 9.17) is 0 Å². The van der Waals surface area contributed by atoms with Crippen LogP contribution in [-0.4, -0.2) is 43.8 Å². The number of alkyl halides is 3. The summed E-state index contributed by atoms with van der Waals surface area (Å²) < 4.78 is 73.5. The van der Waals surface area contributed by atoms with Gasteiger partial charge in [-0.2, -0.15) is 18.3 Å². The van der Waals surface area contributed by atoms with Crippen molar-refractivity contribution < 1.29 is 21.6 Å². The molecule has 1 saturated carbocycles. The number of sulfonamides is 1. The monoisotopic (exact) mass is 505 g/mol. The summed E-state index contributed by atoms with van der Waals surface area (Å²) in [6.45, 7) is 1.77. The summed E-state index contributed by atoms with van der Waals surface area (Å²) in [5.41, 5.74) is 0.406. The van der Waals surface area contributed by atoms with Gasteiger partial charge in [0.15, 0.2) is 5.65 Å². The largest absolute Gasteiger partial charge is 0.416 e. The second-order valence-electron chi connectivity index (χ2n) is 8.70. The fraction of sp³-hybridized carbons (Fsp3) is 0.364. The highest BCUT2D eigenvalue weighted by molar-refractivity contribution is 7.89. The second kappa shape index (κ2) is 8.72. The number of imidazole rings is 1. The van der Waals surface area contributed by atoms with E-state index in [1.165, 1.54) is 16.6 Å². The average Bonchev–Trinajstić information content (AvgIpc) is 3.46. The molecule has 3 heterocycles. The molecule has 5 rings (SSSR count). The Bertz CT molecular complexity index is 1470. The summed E-state index contributed by atoms with van der Waals surface area (Å²) in [5.74, 6) is 0. The average molecular weight is 506 g/mol. The fourth-order valence-electron chi connectivity index (χ4n) is 4.45. The van der Waals surface area contributed by atoms with Crippen LogP contribution in [-0.2, 0) is 16.2 Å². The summed E-state index contributed by atoms with van der Waals surface area (Å²) in [7, 11) is -4.24. The van der Waals surface area contributed by atoms with Crippen molar-refractivity contribution in [2.24, 2.45) is 0 Å². The molecule has 3 aromatic heterocycles. The molecule has 0 radical (unpaired) electrons. The highest BCUT2D eigenvalue weighted by Gasteiger charge is 2.34. The van der Waals surface area contributed by atoms with Crippen LogP contribution in [0, 0.1) is 6.92 Å². The van der Waals surface area contributed by atoms with E-state index in [-0.39, 0.29) is 17.3 Å². The molecule has 0 spiro atoms. The molecule has 1 N–H and O–H groups in total. The molecule has 9 nitrogen and oxygen atoms in total. The summed E-state index contributed by atoms with van der Waals surface area (Å²) >= 11 is 0. The zero-order valence-electron chi connectivity index (χ0n) is 18.6. The van der Waals surface area contributed by atoms with Crippen molar-refractivity contribution in [1.29, 1.82) is 0 Å². The third kappa shape index (κ3) is 4.91. The molecule has 1 aliphatic rings. The minimum Gasteiger partial charge on any atom is -0.317 e. The summed E-state index contributed by atoms with van der Waals surface area (Å²) in [6, 6.07) is 5.50. The first kappa shape index (κ1) is 23.4. The number of nitrogens with one attached hydrogen (secondary N) is 1. The van der Waals surface area contributed by atoms with Crippen LogP contribution in [0.4, 0.5) is 13.2 Å². The summed E-state index contributed by atoms with van der Waals surface area (Å²) in [6.07, 6.45) is 2.73. The number of hydrogen-bond acceptors (Lipinski definition) is 6. The van der Waals surface area contributed by atoms with Crippen molar-refractivity contribution in [2.45, 2.75) is 55.8 Å². The topological polar surface area (TPSA) is 107 Å². The predicted octanol–water partition coefficient (Wildman–Crippen LogP) is 3.78. The summed E-state index contributed by atoms with van der Waals surface area (Å²) in [5, 5.41) is 11.9. The Labute approximate surface area is 199 Å². The molecular formula is C22H22F3N7O2S. The van der Waals surface area contributed by atoms with E-state index in [1.54, 1.807) is 31.8 Å². The maximum atomic E-state index is 13.7.